The lowest BCUT2D eigenvalue weighted by molar-refractivity contribution is 0.140. The molecule has 2 heteroatoms. The van der Waals surface area contributed by atoms with Gasteiger partial charge in [-0.1, -0.05) is 13.8 Å². The number of aliphatic hydroxyl groups excluding tert-OH is 1. The van der Waals surface area contributed by atoms with Gasteiger partial charge in [0.1, 0.15) is 0 Å². The average molecular weight is 171 g/mol. The minimum atomic E-state index is -0.105. The Hall–Kier alpha value is -0.0800. The summed E-state index contributed by atoms with van der Waals surface area (Å²) < 4.78 is 0. The summed E-state index contributed by atoms with van der Waals surface area (Å²) in [6.45, 7) is 6.60. The molecule has 0 aliphatic heterocycles. The first kappa shape index (κ1) is 10.0. The number of hydrogen-bond donors (Lipinski definition) is 2. The van der Waals surface area contributed by atoms with Gasteiger partial charge in [0.05, 0.1) is 6.10 Å². The fraction of sp³-hybridized carbons (Fsp3) is 1.00. The van der Waals surface area contributed by atoms with Crippen LogP contribution >= 0.6 is 0 Å². The lowest BCUT2D eigenvalue weighted by Gasteiger charge is -2.24. The lowest BCUT2D eigenvalue weighted by Crippen LogP contribution is -2.43. The third-order valence-corrected chi connectivity index (χ3v) is 2.96. The van der Waals surface area contributed by atoms with E-state index in [4.69, 9.17) is 0 Å². The van der Waals surface area contributed by atoms with Gasteiger partial charge in [0.25, 0.3) is 0 Å². The van der Waals surface area contributed by atoms with Crippen molar-refractivity contribution in [3.05, 3.63) is 0 Å². The molecular formula is C10H21NO. The molecule has 2 nitrogen and oxygen atoms in total. The maximum absolute atomic E-state index is 9.56. The van der Waals surface area contributed by atoms with Crippen molar-refractivity contribution in [2.75, 3.05) is 0 Å². The summed E-state index contributed by atoms with van der Waals surface area (Å²) >= 11 is 0. The Labute approximate surface area is 75.4 Å². The second kappa shape index (κ2) is 4.24. The molecule has 0 aromatic heterocycles. The Morgan fingerprint density at radius 1 is 1.25 bits per heavy atom. The summed E-state index contributed by atoms with van der Waals surface area (Å²) in [5, 5.41) is 13.0. The minimum Gasteiger partial charge on any atom is -0.392 e. The lowest BCUT2D eigenvalue weighted by atomic mass is 10.0. The van der Waals surface area contributed by atoms with Crippen molar-refractivity contribution in [3.63, 3.8) is 0 Å². The van der Waals surface area contributed by atoms with Crippen LogP contribution in [0.1, 0.15) is 40.0 Å². The third-order valence-electron chi connectivity index (χ3n) is 2.96. The van der Waals surface area contributed by atoms with Crippen molar-refractivity contribution >= 4 is 0 Å². The van der Waals surface area contributed by atoms with Crippen LogP contribution in [0.25, 0.3) is 0 Å². The molecule has 0 radical (unpaired) electrons. The van der Waals surface area contributed by atoms with Gasteiger partial charge in [-0.15, -0.1) is 0 Å². The monoisotopic (exact) mass is 171 g/mol. The fourth-order valence-electron chi connectivity index (χ4n) is 1.67. The van der Waals surface area contributed by atoms with Gasteiger partial charge in [-0.05, 0) is 32.1 Å². The van der Waals surface area contributed by atoms with E-state index in [1.165, 1.54) is 6.42 Å². The van der Waals surface area contributed by atoms with E-state index in [9.17, 15) is 5.11 Å². The van der Waals surface area contributed by atoms with Crippen LogP contribution in [0.4, 0.5) is 0 Å². The van der Waals surface area contributed by atoms with Gasteiger partial charge in [-0.2, -0.15) is 0 Å². The smallest absolute Gasteiger partial charge is 0.0693 e. The van der Waals surface area contributed by atoms with Crippen LogP contribution in [0.2, 0.25) is 0 Å². The molecule has 0 bridgehead atoms. The standard InChI is InChI=1S/C10H21NO/c1-7(2)8(3)11-9-5-4-6-10(9)12/h7-12H,4-6H2,1-3H3/t8?,9-,10-/m1/s1. The van der Waals surface area contributed by atoms with E-state index in [1.54, 1.807) is 0 Å². The predicted octanol–water partition coefficient (Wildman–Crippen LogP) is 1.53. The summed E-state index contributed by atoms with van der Waals surface area (Å²) in [6, 6.07) is 0.866. The quantitative estimate of drug-likeness (QED) is 0.675. The van der Waals surface area contributed by atoms with Crippen molar-refractivity contribution in [2.45, 2.75) is 58.2 Å². The second-order valence-electron chi connectivity index (χ2n) is 4.30. The summed E-state index contributed by atoms with van der Waals surface area (Å²) in [5.74, 6) is 0.651. The molecule has 1 aliphatic rings. The zero-order chi connectivity index (χ0) is 9.14. The zero-order valence-electron chi connectivity index (χ0n) is 8.38. The zero-order valence-corrected chi connectivity index (χ0v) is 8.38. The van der Waals surface area contributed by atoms with Crippen LogP contribution in [0.15, 0.2) is 0 Å². The van der Waals surface area contributed by atoms with Gasteiger partial charge in [-0.3, -0.25) is 0 Å². The summed E-state index contributed by atoms with van der Waals surface area (Å²) in [7, 11) is 0. The average Bonchev–Trinajstić information content (AvgIpc) is 2.36. The van der Waals surface area contributed by atoms with Gasteiger partial charge >= 0.3 is 0 Å². The van der Waals surface area contributed by atoms with E-state index >= 15 is 0 Å². The number of nitrogens with one attached hydrogen (secondary N) is 1. The molecule has 0 aromatic rings. The van der Waals surface area contributed by atoms with E-state index in [0.29, 0.717) is 18.0 Å². The van der Waals surface area contributed by atoms with Crippen LogP contribution in [0.5, 0.6) is 0 Å². The van der Waals surface area contributed by atoms with Crippen molar-refractivity contribution in [3.8, 4) is 0 Å². The topological polar surface area (TPSA) is 32.3 Å². The van der Waals surface area contributed by atoms with Gasteiger partial charge in [0, 0.05) is 12.1 Å². The highest BCUT2D eigenvalue weighted by atomic mass is 16.3. The molecule has 0 aromatic carbocycles. The third kappa shape index (κ3) is 2.46. The number of hydrogen-bond acceptors (Lipinski definition) is 2. The van der Waals surface area contributed by atoms with Gasteiger partial charge in [0.15, 0.2) is 0 Å². The molecule has 1 rings (SSSR count). The van der Waals surface area contributed by atoms with Crippen LogP contribution in [0, 0.1) is 5.92 Å². The Morgan fingerprint density at radius 3 is 2.33 bits per heavy atom. The molecule has 0 amide bonds. The highest BCUT2D eigenvalue weighted by Crippen LogP contribution is 2.20. The second-order valence-corrected chi connectivity index (χ2v) is 4.30. The number of rotatable bonds is 3. The van der Waals surface area contributed by atoms with Crippen molar-refractivity contribution in [2.24, 2.45) is 5.92 Å². The van der Waals surface area contributed by atoms with Crippen LogP contribution in [-0.4, -0.2) is 23.3 Å². The van der Waals surface area contributed by atoms with Crippen molar-refractivity contribution in [1.82, 2.24) is 5.32 Å². The first-order valence-electron chi connectivity index (χ1n) is 5.05. The van der Waals surface area contributed by atoms with Crippen molar-refractivity contribution < 1.29 is 5.11 Å². The summed E-state index contributed by atoms with van der Waals surface area (Å²) in [6.07, 6.45) is 3.18. The normalized spacial score (nSPS) is 32.8. The molecular weight excluding hydrogens is 150 g/mol. The van der Waals surface area contributed by atoms with Gasteiger partial charge < -0.3 is 10.4 Å². The molecule has 2 N–H and O–H groups in total. The van der Waals surface area contributed by atoms with Crippen molar-refractivity contribution in [1.29, 1.82) is 0 Å². The van der Waals surface area contributed by atoms with E-state index < -0.39 is 0 Å². The van der Waals surface area contributed by atoms with E-state index in [-0.39, 0.29) is 6.10 Å². The molecule has 1 fully saturated rings. The molecule has 1 aliphatic carbocycles. The highest BCUT2D eigenvalue weighted by Gasteiger charge is 2.26. The molecule has 0 saturated heterocycles. The van der Waals surface area contributed by atoms with Gasteiger partial charge in [-0.25, -0.2) is 0 Å². The van der Waals surface area contributed by atoms with Gasteiger partial charge in [0.2, 0.25) is 0 Å². The first-order chi connectivity index (χ1) is 5.61. The minimum absolute atomic E-state index is 0.105. The van der Waals surface area contributed by atoms with Crippen LogP contribution < -0.4 is 5.32 Å². The molecule has 12 heavy (non-hydrogen) atoms. The Kier molecular flexibility index (Phi) is 3.53. The molecule has 3 atom stereocenters. The summed E-state index contributed by atoms with van der Waals surface area (Å²) in [5.41, 5.74) is 0. The van der Waals surface area contributed by atoms with Crippen LogP contribution in [-0.2, 0) is 0 Å². The first-order valence-corrected chi connectivity index (χ1v) is 5.05. The van der Waals surface area contributed by atoms with E-state index in [2.05, 4.69) is 26.1 Å². The molecule has 0 heterocycles. The van der Waals surface area contributed by atoms with E-state index in [0.717, 1.165) is 12.8 Å². The molecule has 1 saturated carbocycles. The molecule has 72 valence electrons. The van der Waals surface area contributed by atoms with E-state index in [1.807, 2.05) is 0 Å². The SMILES string of the molecule is CC(C)C(C)N[C@@H]1CCC[C@H]1O. The number of aliphatic hydroxyl groups is 1. The summed E-state index contributed by atoms with van der Waals surface area (Å²) in [4.78, 5) is 0. The highest BCUT2D eigenvalue weighted by molar-refractivity contribution is 4.84. The van der Waals surface area contributed by atoms with Crippen LogP contribution in [0.3, 0.4) is 0 Å². The maximum Gasteiger partial charge on any atom is 0.0693 e. The Bertz CT molecular complexity index is 136. The molecule has 0 spiro atoms. The Morgan fingerprint density at radius 2 is 1.92 bits per heavy atom. The molecule has 1 unspecified atom stereocenters. The largest absolute Gasteiger partial charge is 0.392 e. The Balaban J connectivity index is 2.30. The maximum atomic E-state index is 9.56. The predicted molar refractivity (Wildman–Crippen MR) is 51.1 cm³/mol. The fourth-order valence-corrected chi connectivity index (χ4v) is 1.67.